The normalized spacial score (nSPS) is 11.0. The second-order valence-electron chi connectivity index (χ2n) is 27.2. The van der Waals surface area contributed by atoms with Crippen LogP contribution in [0, 0.1) is 0 Å². The quantitative estimate of drug-likeness (QED) is 0.104. The Kier molecular flexibility index (Phi) is 19.4. The van der Waals surface area contributed by atoms with Crippen LogP contribution in [-0.2, 0) is 0 Å². The average molecular weight is 1430 g/mol. The summed E-state index contributed by atoms with van der Waals surface area (Å²) < 4.78 is 0. The number of fused-ring (bicyclic) bond motifs is 7. The van der Waals surface area contributed by atoms with Gasteiger partial charge in [0.2, 0.25) is 0 Å². The predicted octanol–water partition coefficient (Wildman–Crippen LogP) is 25.9. The van der Waals surface area contributed by atoms with E-state index in [4.69, 9.17) is 44.9 Å². The maximum atomic E-state index is 4.94. The zero-order chi connectivity index (χ0) is 74.8. The van der Waals surface area contributed by atoms with Gasteiger partial charge in [0.1, 0.15) is 0 Å². The summed E-state index contributed by atoms with van der Waals surface area (Å²) in [5.41, 5.74) is 18.0. The van der Waals surface area contributed by atoms with Gasteiger partial charge in [-0.25, -0.2) is 44.9 Å². The fraction of sp³-hybridized carbons (Fsp3) is 0. The van der Waals surface area contributed by atoms with Crippen LogP contribution in [0.15, 0.2) is 419 Å². The van der Waals surface area contributed by atoms with Crippen molar-refractivity contribution < 1.29 is 0 Å². The molecule has 3 aromatic heterocycles. The molecule has 0 aliphatic carbocycles. The zero-order valence-corrected chi connectivity index (χ0v) is 60.9. The van der Waals surface area contributed by atoms with Gasteiger partial charge in [0.15, 0.2) is 52.4 Å². The van der Waals surface area contributed by atoms with Gasteiger partial charge < -0.3 is 0 Å². The smallest absolute Gasteiger partial charge is 0.164 e. The zero-order valence-electron chi connectivity index (χ0n) is 60.9. The summed E-state index contributed by atoms with van der Waals surface area (Å²) in [5, 5.41) is 10.1. The third-order valence-corrected chi connectivity index (χ3v) is 19.9. The molecule has 526 valence electrons. The van der Waals surface area contributed by atoms with Crippen LogP contribution in [0.25, 0.3) is 190 Å². The van der Waals surface area contributed by atoms with E-state index < -0.39 is 0 Å². The largest absolute Gasteiger partial charge is 0.208 e. The maximum absolute atomic E-state index is 4.94. The van der Waals surface area contributed by atoms with Crippen molar-refractivity contribution in [2.45, 2.75) is 0 Å². The van der Waals surface area contributed by atoms with Crippen LogP contribution in [0.1, 0.15) is 0 Å². The minimum atomic E-state index is 0.654. The molecule has 9 nitrogen and oxygen atoms in total. The summed E-state index contributed by atoms with van der Waals surface area (Å²) in [7, 11) is 0. The average Bonchev–Trinajstić information content (AvgIpc) is 0.744. The molecule has 0 atom stereocenters. The van der Waals surface area contributed by atoms with Crippen molar-refractivity contribution in [1.29, 1.82) is 0 Å². The Labute approximate surface area is 649 Å². The molecule has 112 heavy (non-hydrogen) atoms. The van der Waals surface area contributed by atoms with E-state index in [2.05, 4.69) is 206 Å². The minimum Gasteiger partial charge on any atom is -0.208 e. The molecular weight excluding hydrogens is 1360 g/mol. The highest BCUT2D eigenvalue weighted by Crippen LogP contribution is 2.39. The lowest BCUT2D eigenvalue weighted by Gasteiger charge is -2.13. The molecule has 0 aliphatic heterocycles. The lowest BCUT2D eigenvalue weighted by Crippen LogP contribution is -2.00. The Balaban J connectivity index is 0.000000119. The summed E-state index contributed by atoms with van der Waals surface area (Å²) in [5.74, 6) is 5.97. The molecule has 9 heteroatoms. The SMILES string of the molecule is c1ccc(-c2cccc(-c3nc(-c4ccccc4)nc(-c4ccccc4)n3)c2)cc1.c1ccc(-c2nc(-c3ccccc3)nc(-c3ccc(-c4cccc(-c5ccc6ccccc6c5)c4)cc3)n2)cc1.c1ccc(-c2nc(-c3ccccc3)nc(-c3cccc(-c4ccc5c6ccccc6c6ccccc6c5c4)c3)n2)cc1. The fourth-order valence-corrected chi connectivity index (χ4v) is 14.3. The third-order valence-electron chi connectivity index (χ3n) is 19.9. The van der Waals surface area contributed by atoms with Gasteiger partial charge in [-0.2, -0.15) is 0 Å². The molecule has 20 rings (SSSR count). The standard InChI is InChI=1S/C39H25N3.C37H25N3.C27H19N3/c1-3-12-26(13-4-1)37-40-38(27-14-5-2-6-15-27)42-39(41-37)30-17-11-16-28(24-30)29-22-23-35-33-20-8-7-18-31(33)32-19-9-10-21-34(32)36(35)25-29;1-3-11-28(12-4-1)35-38-36(29-13-5-2-6-14-29)40-37(39-35)30-21-18-27(19-22-30)32-16-9-17-33(24-32)34-23-20-26-10-7-8-15-31(26)25-34;1-4-11-20(12-5-1)23-17-10-18-24(19-23)27-29-25(21-13-6-2-7-14-21)28-26(30-27)22-15-8-3-9-16-22/h1-25H;1-25H;1-19H. The molecule has 0 bridgehead atoms. The van der Waals surface area contributed by atoms with Gasteiger partial charge in [0, 0.05) is 50.1 Å². The lowest BCUT2D eigenvalue weighted by atomic mass is 9.92. The summed E-state index contributed by atoms with van der Waals surface area (Å²) in [6.07, 6.45) is 0. The molecule has 0 saturated carbocycles. The van der Waals surface area contributed by atoms with Crippen molar-refractivity contribution in [2.75, 3.05) is 0 Å². The summed E-state index contributed by atoms with van der Waals surface area (Å²) in [6, 6.07) is 144. The molecule has 0 spiro atoms. The Morgan fingerprint density at radius 3 is 0.652 bits per heavy atom. The van der Waals surface area contributed by atoms with E-state index in [1.54, 1.807) is 0 Å². The Hall–Kier alpha value is -15.2. The van der Waals surface area contributed by atoms with E-state index in [0.29, 0.717) is 52.4 Å². The first-order valence-corrected chi connectivity index (χ1v) is 37.4. The molecule has 0 saturated heterocycles. The predicted molar refractivity (Wildman–Crippen MR) is 460 cm³/mol. The van der Waals surface area contributed by atoms with Crippen LogP contribution in [0.2, 0.25) is 0 Å². The van der Waals surface area contributed by atoms with Crippen molar-refractivity contribution in [3.8, 4) is 147 Å². The van der Waals surface area contributed by atoms with Gasteiger partial charge in [0.05, 0.1) is 0 Å². The van der Waals surface area contributed by atoms with Gasteiger partial charge in [-0.3, -0.25) is 0 Å². The molecule has 0 fully saturated rings. The number of rotatable bonds is 13. The number of nitrogens with zero attached hydrogens (tertiary/aromatic N) is 9. The Morgan fingerprint density at radius 2 is 0.295 bits per heavy atom. The van der Waals surface area contributed by atoms with Gasteiger partial charge in [-0.1, -0.05) is 388 Å². The molecular formula is C103H69N9. The summed E-state index contributed by atoms with van der Waals surface area (Å²) in [4.78, 5) is 43.6. The third kappa shape index (κ3) is 15.0. The van der Waals surface area contributed by atoms with Crippen LogP contribution < -0.4 is 0 Å². The van der Waals surface area contributed by atoms with Crippen LogP contribution in [0.4, 0.5) is 0 Å². The molecule has 0 unspecified atom stereocenters. The highest BCUT2D eigenvalue weighted by Gasteiger charge is 2.18. The van der Waals surface area contributed by atoms with Crippen LogP contribution in [0.3, 0.4) is 0 Å². The van der Waals surface area contributed by atoms with E-state index in [0.717, 1.165) is 72.3 Å². The number of hydrogen-bond donors (Lipinski definition) is 0. The first-order valence-electron chi connectivity index (χ1n) is 37.4. The van der Waals surface area contributed by atoms with Crippen molar-refractivity contribution in [2.24, 2.45) is 0 Å². The minimum absolute atomic E-state index is 0.654. The number of benzene rings is 17. The highest BCUT2D eigenvalue weighted by molar-refractivity contribution is 6.25. The molecule has 20 aromatic rings. The van der Waals surface area contributed by atoms with E-state index in [9.17, 15) is 0 Å². The molecule has 17 aromatic carbocycles. The first kappa shape index (κ1) is 68.6. The molecule has 3 heterocycles. The van der Waals surface area contributed by atoms with Crippen molar-refractivity contribution in [3.05, 3.63) is 419 Å². The lowest BCUT2D eigenvalue weighted by molar-refractivity contribution is 1.07. The van der Waals surface area contributed by atoms with E-state index in [-0.39, 0.29) is 0 Å². The van der Waals surface area contributed by atoms with Crippen LogP contribution >= 0.6 is 0 Å². The second-order valence-corrected chi connectivity index (χ2v) is 27.2. The van der Waals surface area contributed by atoms with E-state index in [1.165, 1.54) is 65.3 Å². The van der Waals surface area contributed by atoms with Gasteiger partial charge in [-0.15, -0.1) is 0 Å². The summed E-state index contributed by atoms with van der Waals surface area (Å²) in [6.45, 7) is 0. The fourth-order valence-electron chi connectivity index (χ4n) is 14.3. The number of aromatic nitrogens is 9. The van der Waals surface area contributed by atoms with Gasteiger partial charge in [0.25, 0.3) is 0 Å². The van der Waals surface area contributed by atoms with Crippen molar-refractivity contribution in [1.82, 2.24) is 44.9 Å². The van der Waals surface area contributed by atoms with Crippen LogP contribution in [-0.4, -0.2) is 44.9 Å². The van der Waals surface area contributed by atoms with E-state index >= 15 is 0 Å². The van der Waals surface area contributed by atoms with Crippen LogP contribution in [0.5, 0.6) is 0 Å². The molecule has 0 N–H and O–H groups in total. The maximum Gasteiger partial charge on any atom is 0.164 e. The van der Waals surface area contributed by atoms with E-state index in [1.807, 2.05) is 212 Å². The Bertz CT molecular complexity index is 6510. The second kappa shape index (κ2) is 31.7. The molecule has 0 radical (unpaired) electrons. The first-order chi connectivity index (χ1) is 55.5. The van der Waals surface area contributed by atoms with Crippen molar-refractivity contribution in [3.63, 3.8) is 0 Å². The Morgan fingerprint density at radius 1 is 0.0982 bits per heavy atom. The molecule has 0 aliphatic rings. The topological polar surface area (TPSA) is 116 Å². The monoisotopic (exact) mass is 1430 g/mol. The van der Waals surface area contributed by atoms with Gasteiger partial charge >= 0.3 is 0 Å². The van der Waals surface area contributed by atoms with Crippen molar-refractivity contribution >= 4 is 43.1 Å². The number of hydrogen-bond acceptors (Lipinski definition) is 9. The summed E-state index contributed by atoms with van der Waals surface area (Å²) >= 11 is 0. The van der Waals surface area contributed by atoms with Gasteiger partial charge in [-0.05, 0) is 118 Å². The molecule has 0 amide bonds. The highest BCUT2D eigenvalue weighted by atomic mass is 15.1.